The molecule has 1 unspecified atom stereocenters. The Kier molecular flexibility index (Phi) is 3.49. The number of nitrogens with zero attached hydrogens (tertiary/aromatic N) is 2. The van der Waals surface area contributed by atoms with Crippen molar-refractivity contribution in [3.8, 4) is 16.9 Å². The first kappa shape index (κ1) is 15.6. The molecule has 3 aromatic rings. The number of hydrogen-bond donors (Lipinski definition) is 1. The van der Waals surface area contributed by atoms with Crippen LogP contribution in [0.15, 0.2) is 22.9 Å². The van der Waals surface area contributed by atoms with Gasteiger partial charge in [0, 0.05) is 17.4 Å². The molecule has 0 fully saturated rings. The van der Waals surface area contributed by atoms with Crippen molar-refractivity contribution >= 4 is 22.5 Å². The molecule has 0 saturated carbocycles. The molecule has 1 amide bonds. The summed E-state index contributed by atoms with van der Waals surface area (Å²) in [5, 5.41) is 7.95. The SMILES string of the molecule is COc1cc2c3c(cnc2cc1-c1c(C)noc1C)NC(=O)CC3C. The van der Waals surface area contributed by atoms with Crippen molar-refractivity contribution in [3.63, 3.8) is 0 Å². The van der Waals surface area contributed by atoms with Crippen LogP contribution in [-0.2, 0) is 4.79 Å². The zero-order valence-corrected chi connectivity index (χ0v) is 14.6. The molecule has 0 saturated heterocycles. The van der Waals surface area contributed by atoms with Crippen LogP contribution in [0, 0.1) is 13.8 Å². The highest BCUT2D eigenvalue weighted by Gasteiger charge is 2.26. The molecule has 2 aromatic heterocycles. The van der Waals surface area contributed by atoms with Crippen LogP contribution in [-0.4, -0.2) is 23.2 Å². The summed E-state index contributed by atoms with van der Waals surface area (Å²) in [5.74, 6) is 1.64. The Morgan fingerprint density at radius 3 is 2.80 bits per heavy atom. The Morgan fingerprint density at radius 1 is 1.32 bits per heavy atom. The van der Waals surface area contributed by atoms with Crippen molar-refractivity contribution in [2.75, 3.05) is 12.4 Å². The van der Waals surface area contributed by atoms with Gasteiger partial charge in [-0.1, -0.05) is 12.1 Å². The Labute approximate surface area is 145 Å². The van der Waals surface area contributed by atoms with Crippen LogP contribution in [0.5, 0.6) is 5.75 Å². The monoisotopic (exact) mass is 337 g/mol. The molecule has 1 aromatic carbocycles. The van der Waals surface area contributed by atoms with Crippen LogP contribution in [0.4, 0.5) is 5.69 Å². The fraction of sp³-hybridized carbons (Fsp3) is 0.316. The highest BCUT2D eigenvalue weighted by atomic mass is 16.5. The number of rotatable bonds is 2. The van der Waals surface area contributed by atoms with Crippen molar-refractivity contribution < 1.29 is 14.1 Å². The first-order valence-electron chi connectivity index (χ1n) is 8.23. The summed E-state index contributed by atoms with van der Waals surface area (Å²) >= 11 is 0. The van der Waals surface area contributed by atoms with Gasteiger partial charge < -0.3 is 14.6 Å². The maximum absolute atomic E-state index is 11.8. The third-order valence-corrected chi connectivity index (χ3v) is 4.79. The quantitative estimate of drug-likeness (QED) is 0.766. The highest BCUT2D eigenvalue weighted by Crippen LogP contribution is 2.42. The number of aryl methyl sites for hydroxylation is 2. The Balaban J connectivity index is 2.01. The predicted octanol–water partition coefficient (Wildman–Crippen LogP) is 3.96. The lowest BCUT2D eigenvalue weighted by Crippen LogP contribution is -2.22. The molecular weight excluding hydrogens is 318 g/mol. The summed E-state index contributed by atoms with van der Waals surface area (Å²) in [4.78, 5) is 16.3. The van der Waals surface area contributed by atoms with Crippen molar-refractivity contribution in [2.24, 2.45) is 0 Å². The third kappa shape index (κ3) is 2.36. The summed E-state index contributed by atoms with van der Waals surface area (Å²) in [6.07, 6.45) is 2.20. The number of pyridine rings is 1. The molecule has 6 heteroatoms. The van der Waals surface area contributed by atoms with Gasteiger partial charge in [-0.05, 0) is 37.5 Å². The maximum Gasteiger partial charge on any atom is 0.225 e. The van der Waals surface area contributed by atoms with Gasteiger partial charge in [-0.15, -0.1) is 0 Å². The first-order valence-corrected chi connectivity index (χ1v) is 8.23. The molecule has 25 heavy (non-hydrogen) atoms. The van der Waals surface area contributed by atoms with E-state index in [-0.39, 0.29) is 11.8 Å². The van der Waals surface area contributed by atoms with Crippen LogP contribution in [0.1, 0.15) is 36.3 Å². The van der Waals surface area contributed by atoms with E-state index in [9.17, 15) is 4.79 Å². The molecule has 1 aliphatic rings. The first-order chi connectivity index (χ1) is 12.0. The minimum Gasteiger partial charge on any atom is -0.496 e. The number of carbonyl (C=O) groups excluding carboxylic acids is 1. The van der Waals surface area contributed by atoms with E-state index in [4.69, 9.17) is 9.26 Å². The second kappa shape index (κ2) is 5.58. The smallest absolute Gasteiger partial charge is 0.225 e. The molecule has 3 heterocycles. The fourth-order valence-electron chi connectivity index (χ4n) is 3.68. The summed E-state index contributed by atoms with van der Waals surface area (Å²) in [6.45, 7) is 5.86. The van der Waals surface area contributed by atoms with Crippen molar-refractivity contribution in [3.05, 3.63) is 35.3 Å². The number of amides is 1. The molecule has 6 nitrogen and oxygen atoms in total. The molecule has 4 rings (SSSR count). The van der Waals surface area contributed by atoms with Gasteiger partial charge in [-0.2, -0.15) is 0 Å². The Hall–Kier alpha value is -2.89. The van der Waals surface area contributed by atoms with Gasteiger partial charge in [0.25, 0.3) is 0 Å². The van der Waals surface area contributed by atoms with E-state index in [1.54, 1.807) is 13.3 Å². The van der Waals surface area contributed by atoms with Crippen molar-refractivity contribution in [1.29, 1.82) is 0 Å². The van der Waals surface area contributed by atoms with Gasteiger partial charge in [0.1, 0.15) is 11.5 Å². The lowest BCUT2D eigenvalue weighted by molar-refractivity contribution is -0.116. The molecule has 1 atom stereocenters. The molecule has 0 bridgehead atoms. The molecule has 128 valence electrons. The number of fused-ring (bicyclic) bond motifs is 3. The van der Waals surface area contributed by atoms with E-state index in [0.717, 1.165) is 50.5 Å². The number of aromatic nitrogens is 2. The number of hydrogen-bond acceptors (Lipinski definition) is 5. The van der Waals surface area contributed by atoms with E-state index in [1.165, 1.54) is 0 Å². The van der Waals surface area contributed by atoms with E-state index in [1.807, 2.05) is 26.0 Å². The van der Waals surface area contributed by atoms with Crippen LogP contribution in [0.25, 0.3) is 22.0 Å². The third-order valence-electron chi connectivity index (χ3n) is 4.79. The molecule has 1 N–H and O–H groups in total. The van der Waals surface area contributed by atoms with Crippen molar-refractivity contribution in [1.82, 2.24) is 10.1 Å². The number of methoxy groups -OCH3 is 1. The maximum atomic E-state index is 11.8. The van der Waals surface area contributed by atoms with Crippen LogP contribution < -0.4 is 10.1 Å². The van der Waals surface area contributed by atoms with E-state index in [0.29, 0.717) is 6.42 Å². The number of ether oxygens (including phenoxy) is 1. The zero-order valence-electron chi connectivity index (χ0n) is 14.6. The van der Waals surface area contributed by atoms with Gasteiger partial charge in [0.2, 0.25) is 5.91 Å². The van der Waals surface area contributed by atoms with Gasteiger partial charge >= 0.3 is 0 Å². The lowest BCUT2D eigenvalue weighted by atomic mass is 9.89. The Morgan fingerprint density at radius 2 is 2.12 bits per heavy atom. The van der Waals surface area contributed by atoms with E-state index >= 15 is 0 Å². The second-order valence-electron chi connectivity index (χ2n) is 6.51. The summed E-state index contributed by atoms with van der Waals surface area (Å²) < 4.78 is 11.0. The summed E-state index contributed by atoms with van der Waals surface area (Å²) in [6, 6.07) is 4.00. The average Bonchev–Trinajstić information content (AvgIpc) is 2.91. The average molecular weight is 337 g/mol. The largest absolute Gasteiger partial charge is 0.496 e. The molecule has 0 radical (unpaired) electrons. The van der Waals surface area contributed by atoms with Crippen molar-refractivity contribution in [2.45, 2.75) is 33.1 Å². The number of benzene rings is 1. The van der Waals surface area contributed by atoms with Gasteiger partial charge in [0.05, 0.1) is 35.8 Å². The molecule has 0 spiro atoms. The molecular formula is C19H19N3O3. The second-order valence-corrected chi connectivity index (χ2v) is 6.51. The molecule has 1 aliphatic heterocycles. The van der Waals surface area contributed by atoms with E-state index < -0.39 is 0 Å². The number of nitrogens with one attached hydrogen (secondary N) is 1. The van der Waals surface area contributed by atoms with Crippen LogP contribution >= 0.6 is 0 Å². The minimum absolute atomic E-state index is 0.0282. The molecule has 0 aliphatic carbocycles. The predicted molar refractivity (Wildman–Crippen MR) is 94.9 cm³/mol. The van der Waals surface area contributed by atoms with Gasteiger partial charge in [-0.25, -0.2) is 0 Å². The van der Waals surface area contributed by atoms with Gasteiger partial charge in [-0.3, -0.25) is 9.78 Å². The number of carbonyl (C=O) groups is 1. The minimum atomic E-state index is 0.0282. The fourth-order valence-corrected chi connectivity index (χ4v) is 3.68. The van der Waals surface area contributed by atoms with Gasteiger partial charge in [0.15, 0.2) is 0 Å². The normalized spacial score (nSPS) is 16.6. The summed E-state index contributed by atoms with van der Waals surface area (Å²) in [5.41, 5.74) is 5.40. The standard InChI is InChI=1S/C19H19N3O3/c1-9-5-17(23)21-15-8-20-14-6-13(19-10(2)22-25-11(19)3)16(24-4)7-12(14)18(9)15/h6-9H,5H2,1-4H3,(H,21,23). The lowest BCUT2D eigenvalue weighted by Gasteiger charge is -2.24. The number of anilines is 1. The Bertz CT molecular complexity index is 987. The highest BCUT2D eigenvalue weighted by molar-refractivity contribution is 6.01. The topological polar surface area (TPSA) is 77.2 Å². The van der Waals surface area contributed by atoms with Crippen LogP contribution in [0.2, 0.25) is 0 Å². The summed E-state index contributed by atoms with van der Waals surface area (Å²) in [7, 11) is 1.65. The zero-order chi connectivity index (χ0) is 17.7. The van der Waals surface area contributed by atoms with E-state index in [2.05, 4.69) is 22.4 Å². The van der Waals surface area contributed by atoms with Crippen LogP contribution in [0.3, 0.4) is 0 Å².